The summed E-state index contributed by atoms with van der Waals surface area (Å²) >= 11 is 1.83. The largest absolute Gasteiger partial charge is 0.397 e. The van der Waals surface area contributed by atoms with Crippen LogP contribution in [0.15, 0.2) is 24.4 Å². The second-order valence-corrected chi connectivity index (χ2v) is 6.59. The first-order valence-electron chi connectivity index (χ1n) is 6.60. The Kier molecular flexibility index (Phi) is 3.14. The number of aryl methyl sites for hydroxylation is 2. The Morgan fingerprint density at radius 1 is 1.30 bits per heavy atom. The number of nitrogens with one attached hydrogen (secondary N) is 2. The molecular weight excluding hydrogens is 268 g/mol. The van der Waals surface area contributed by atoms with Crippen LogP contribution in [0, 0.1) is 13.8 Å². The third-order valence-electron chi connectivity index (χ3n) is 3.53. The Morgan fingerprint density at radius 3 is 2.80 bits per heavy atom. The van der Waals surface area contributed by atoms with Crippen molar-refractivity contribution in [3.05, 3.63) is 39.7 Å². The molecule has 4 N–H and O–H groups in total. The number of nitrogens with zero attached hydrogens (tertiary/aromatic N) is 1. The number of fused-ring (bicyclic) bond motifs is 1. The van der Waals surface area contributed by atoms with E-state index in [4.69, 9.17) is 5.73 Å². The van der Waals surface area contributed by atoms with Gasteiger partial charge in [0.15, 0.2) is 0 Å². The molecule has 0 aliphatic heterocycles. The highest BCUT2D eigenvalue weighted by molar-refractivity contribution is 7.12. The molecule has 20 heavy (non-hydrogen) atoms. The van der Waals surface area contributed by atoms with Gasteiger partial charge in [-0.05, 0) is 44.5 Å². The zero-order valence-corrected chi connectivity index (χ0v) is 12.6. The number of nitrogens with two attached hydrogens (primary N) is 1. The summed E-state index contributed by atoms with van der Waals surface area (Å²) in [6.45, 7) is 6.45. The predicted molar refractivity (Wildman–Crippen MR) is 86.3 cm³/mol. The van der Waals surface area contributed by atoms with Crippen molar-refractivity contribution in [3.8, 4) is 0 Å². The van der Waals surface area contributed by atoms with Crippen molar-refractivity contribution in [2.24, 2.45) is 0 Å². The van der Waals surface area contributed by atoms with Crippen LogP contribution in [0.4, 0.5) is 11.4 Å². The van der Waals surface area contributed by atoms with E-state index < -0.39 is 0 Å². The highest BCUT2D eigenvalue weighted by Gasteiger charge is 2.13. The second kappa shape index (κ2) is 4.83. The van der Waals surface area contributed by atoms with Crippen molar-refractivity contribution >= 4 is 33.6 Å². The number of hydrogen-bond donors (Lipinski definition) is 3. The maximum absolute atomic E-state index is 6.11. The quantitative estimate of drug-likeness (QED) is 0.638. The third-order valence-corrected chi connectivity index (χ3v) is 4.51. The Balaban J connectivity index is 1.92. The minimum absolute atomic E-state index is 0.225. The number of aromatic nitrogens is 2. The highest BCUT2D eigenvalue weighted by atomic mass is 32.1. The molecule has 4 nitrogen and oxygen atoms in total. The van der Waals surface area contributed by atoms with Crippen molar-refractivity contribution in [3.63, 3.8) is 0 Å². The molecule has 0 saturated carbocycles. The molecular formula is C15H18N4S. The Bertz CT molecular complexity index is 756. The van der Waals surface area contributed by atoms with Gasteiger partial charge < -0.3 is 11.1 Å². The van der Waals surface area contributed by atoms with E-state index in [-0.39, 0.29) is 6.04 Å². The van der Waals surface area contributed by atoms with Crippen LogP contribution in [0.1, 0.15) is 28.3 Å². The normalized spacial score (nSPS) is 12.8. The second-order valence-electron chi connectivity index (χ2n) is 5.13. The number of H-pyrrole nitrogens is 1. The van der Waals surface area contributed by atoms with E-state index in [9.17, 15) is 0 Å². The summed E-state index contributed by atoms with van der Waals surface area (Å²) in [7, 11) is 0. The lowest BCUT2D eigenvalue weighted by Crippen LogP contribution is -2.08. The van der Waals surface area contributed by atoms with Crippen molar-refractivity contribution in [1.29, 1.82) is 0 Å². The fourth-order valence-corrected chi connectivity index (χ4v) is 3.55. The number of aromatic amines is 1. The van der Waals surface area contributed by atoms with Crippen molar-refractivity contribution in [2.45, 2.75) is 26.8 Å². The summed E-state index contributed by atoms with van der Waals surface area (Å²) in [5.41, 5.74) is 10.1. The summed E-state index contributed by atoms with van der Waals surface area (Å²) < 4.78 is 0. The van der Waals surface area contributed by atoms with E-state index >= 15 is 0 Å². The average Bonchev–Trinajstić information content (AvgIpc) is 2.95. The lowest BCUT2D eigenvalue weighted by atomic mass is 10.1. The first-order chi connectivity index (χ1) is 9.54. The fraction of sp³-hybridized carbons (Fsp3) is 0.267. The first-order valence-corrected chi connectivity index (χ1v) is 7.42. The molecule has 0 bridgehead atoms. The number of benzene rings is 1. The molecule has 0 saturated heterocycles. The SMILES string of the molecule is Cc1cc(C(C)Nc2cc3[nH]ncc3cc2N)c(C)s1. The van der Waals surface area contributed by atoms with Crippen molar-refractivity contribution in [1.82, 2.24) is 10.2 Å². The lowest BCUT2D eigenvalue weighted by Gasteiger charge is -2.17. The molecule has 3 rings (SSSR count). The van der Waals surface area contributed by atoms with Gasteiger partial charge in [-0.1, -0.05) is 0 Å². The number of anilines is 2. The number of thiophene rings is 1. The molecule has 1 aromatic carbocycles. The van der Waals surface area contributed by atoms with Gasteiger partial charge in [-0.2, -0.15) is 5.10 Å². The van der Waals surface area contributed by atoms with E-state index in [1.165, 1.54) is 15.3 Å². The van der Waals surface area contributed by atoms with E-state index in [1.54, 1.807) is 6.20 Å². The van der Waals surface area contributed by atoms with Gasteiger partial charge in [-0.25, -0.2) is 0 Å². The van der Waals surface area contributed by atoms with Gasteiger partial charge >= 0.3 is 0 Å². The van der Waals surface area contributed by atoms with E-state index in [0.717, 1.165) is 22.3 Å². The molecule has 5 heteroatoms. The number of nitrogen functional groups attached to an aromatic ring is 1. The van der Waals surface area contributed by atoms with Crippen molar-refractivity contribution < 1.29 is 0 Å². The first kappa shape index (κ1) is 13.0. The zero-order chi connectivity index (χ0) is 14.3. The Morgan fingerprint density at radius 2 is 2.10 bits per heavy atom. The van der Waals surface area contributed by atoms with E-state index in [1.807, 2.05) is 23.5 Å². The van der Waals surface area contributed by atoms with Crippen LogP contribution >= 0.6 is 11.3 Å². The standard InChI is InChI=1S/C15H18N4S/c1-8-4-12(10(3)20-8)9(2)18-15-6-14-11(5-13(15)16)7-17-19-14/h4-7,9,18H,16H2,1-3H3,(H,17,19). The molecule has 2 heterocycles. The van der Waals surface area contributed by atoms with Gasteiger partial charge in [-0.3, -0.25) is 5.10 Å². The average molecular weight is 286 g/mol. The maximum atomic E-state index is 6.11. The van der Waals surface area contributed by atoms with Gasteiger partial charge in [0.2, 0.25) is 0 Å². The molecule has 1 unspecified atom stereocenters. The zero-order valence-electron chi connectivity index (χ0n) is 11.8. The van der Waals surface area contributed by atoms with E-state index in [2.05, 4.69) is 42.4 Å². The van der Waals surface area contributed by atoms with Crippen LogP contribution in [-0.4, -0.2) is 10.2 Å². The topological polar surface area (TPSA) is 66.7 Å². The molecule has 0 fully saturated rings. The smallest absolute Gasteiger partial charge is 0.0672 e. The predicted octanol–water partition coefficient (Wildman–Crippen LogP) is 4.00. The number of hydrogen-bond acceptors (Lipinski definition) is 4. The van der Waals surface area contributed by atoms with Crippen LogP contribution in [0.5, 0.6) is 0 Å². The van der Waals surface area contributed by atoms with Crippen LogP contribution < -0.4 is 11.1 Å². The molecule has 0 aliphatic rings. The van der Waals surface area contributed by atoms with Gasteiger partial charge in [0.1, 0.15) is 0 Å². The molecule has 0 radical (unpaired) electrons. The van der Waals surface area contributed by atoms with Crippen LogP contribution in [-0.2, 0) is 0 Å². The minimum Gasteiger partial charge on any atom is -0.397 e. The Labute approximate surface area is 122 Å². The number of rotatable bonds is 3. The van der Waals surface area contributed by atoms with E-state index in [0.29, 0.717) is 0 Å². The molecule has 0 aliphatic carbocycles. The van der Waals surface area contributed by atoms with Crippen LogP contribution in [0.25, 0.3) is 10.9 Å². The summed E-state index contributed by atoms with van der Waals surface area (Å²) in [5, 5.41) is 11.5. The summed E-state index contributed by atoms with van der Waals surface area (Å²) in [6, 6.07) is 6.42. The van der Waals surface area contributed by atoms with Gasteiger partial charge in [0.05, 0.1) is 23.1 Å². The third kappa shape index (κ3) is 2.25. The van der Waals surface area contributed by atoms with Gasteiger partial charge in [0.25, 0.3) is 0 Å². The molecule has 2 aromatic heterocycles. The van der Waals surface area contributed by atoms with Gasteiger partial charge in [-0.15, -0.1) is 11.3 Å². The molecule has 3 aromatic rings. The lowest BCUT2D eigenvalue weighted by molar-refractivity contribution is 0.882. The highest BCUT2D eigenvalue weighted by Crippen LogP contribution is 2.31. The summed E-state index contributed by atoms with van der Waals surface area (Å²) in [4.78, 5) is 2.69. The van der Waals surface area contributed by atoms with Crippen LogP contribution in [0.3, 0.4) is 0 Å². The molecule has 0 amide bonds. The summed E-state index contributed by atoms with van der Waals surface area (Å²) in [6.07, 6.45) is 1.78. The molecule has 1 atom stereocenters. The fourth-order valence-electron chi connectivity index (χ4n) is 2.53. The monoisotopic (exact) mass is 286 g/mol. The summed E-state index contributed by atoms with van der Waals surface area (Å²) in [5.74, 6) is 0. The molecule has 0 spiro atoms. The van der Waals surface area contributed by atoms with Crippen molar-refractivity contribution in [2.75, 3.05) is 11.1 Å². The van der Waals surface area contributed by atoms with Gasteiger partial charge in [0, 0.05) is 21.2 Å². The minimum atomic E-state index is 0.225. The van der Waals surface area contributed by atoms with Crippen LogP contribution in [0.2, 0.25) is 0 Å². The maximum Gasteiger partial charge on any atom is 0.0672 e. The molecule has 104 valence electrons. The Hall–Kier alpha value is -2.01.